The molecule has 0 aliphatic heterocycles. The number of rotatable bonds is 4. The molecule has 6 heteroatoms. The van der Waals surface area contributed by atoms with E-state index < -0.39 is 0 Å². The Morgan fingerprint density at radius 2 is 1.96 bits per heavy atom. The first kappa shape index (κ1) is 15.9. The van der Waals surface area contributed by atoms with Crippen LogP contribution in [0.5, 0.6) is 0 Å². The van der Waals surface area contributed by atoms with Crippen LogP contribution in [0.1, 0.15) is 28.4 Å². The van der Waals surface area contributed by atoms with Crippen molar-refractivity contribution in [3.8, 4) is 11.4 Å². The Balaban J connectivity index is 1.89. The molecule has 0 aliphatic carbocycles. The topological polar surface area (TPSA) is 72.7 Å². The van der Waals surface area contributed by atoms with Crippen molar-refractivity contribution in [1.82, 2.24) is 20.2 Å². The largest absolute Gasteiger partial charge is 0.322 e. The number of benzene rings is 2. The lowest BCUT2D eigenvalue weighted by molar-refractivity contribution is 0.102. The molecule has 1 heterocycles. The molecule has 0 fully saturated rings. The standard InChI is InChI=1S/C18H19N5O/c1-4-23-17(20-21-22-23)14-8-6-9-15(11-14)18(24)19-16-10-5-7-12(2)13(16)3/h5-11H,4H2,1-3H3,(H,19,24). The SMILES string of the molecule is CCn1nnnc1-c1cccc(C(=O)Nc2cccc(C)c2C)c1. The number of hydrogen-bond acceptors (Lipinski definition) is 4. The van der Waals surface area contributed by atoms with E-state index in [9.17, 15) is 4.79 Å². The molecule has 3 rings (SSSR count). The molecule has 1 aromatic heterocycles. The minimum Gasteiger partial charge on any atom is -0.322 e. The number of hydrogen-bond donors (Lipinski definition) is 1. The maximum Gasteiger partial charge on any atom is 0.255 e. The maximum absolute atomic E-state index is 12.6. The second-order valence-electron chi connectivity index (χ2n) is 5.60. The number of aryl methyl sites for hydroxylation is 2. The van der Waals surface area contributed by atoms with Gasteiger partial charge in [0.05, 0.1) is 0 Å². The van der Waals surface area contributed by atoms with E-state index in [1.807, 2.05) is 51.1 Å². The Labute approximate surface area is 140 Å². The number of amides is 1. The second-order valence-corrected chi connectivity index (χ2v) is 5.60. The molecule has 0 spiro atoms. The van der Waals surface area contributed by atoms with E-state index in [-0.39, 0.29) is 5.91 Å². The van der Waals surface area contributed by atoms with E-state index in [0.717, 1.165) is 22.4 Å². The molecule has 1 amide bonds. The van der Waals surface area contributed by atoms with Crippen LogP contribution in [-0.4, -0.2) is 26.1 Å². The van der Waals surface area contributed by atoms with Crippen molar-refractivity contribution in [3.05, 3.63) is 59.2 Å². The van der Waals surface area contributed by atoms with Gasteiger partial charge in [-0.05, 0) is 60.5 Å². The molecule has 6 nitrogen and oxygen atoms in total. The second kappa shape index (κ2) is 6.62. The minimum absolute atomic E-state index is 0.152. The van der Waals surface area contributed by atoms with Crippen molar-refractivity contribution in [2.75, 3.05) is 5.32 Å². The highest BCUT2D eigenvalue weighted by atomic mass is 16.1. The minimum atomic E-state index is -0.152. The van der Waals surface area contributed by atoms with Crippen LogP contribution < -0.4 is 5.32 Å². The first-order valence-corrected chi connectivity index (χ1v) is 7.84. The van der Waals surface area contributed by atoms with E-state index in [0.29, 0.717) is 17.9 Å². The Kier molecular flexibility index (Phi) is 4.37. The fourth-order valence-corrected chi connectivity index (χ4v) is 2.50. The van der Waals surface area contributed by atoms with Gasteiger partial charge in [-0.2, -0.15) is 0 Å². The van der Waals surface area contributed by atoms with Gasteiger partial charge in [-0.1, -0.05) is 24.3 Å². The summed E-state index contributed by atoms with van der Waals surface area (Å²) in [5.41, 5.74) is 4.42. The quantitative estimate of drug-likeness (QED) is 0.800. The van der Waals surface area contributed by atoms with Crippen LogP contribution in [0.25, 0.3) is 11.4 Å². The monoisotopic (exact) mass is 321 g/mol. The molecule has 0 radical (unpaired) electrons. The zero-order valence-corrected chi connectivity index (χ0v) is 13.9. The molecule has 2 aromatic carbocycles. The summed E-state index contributed by atoms with van der Waals surface area (Å²) in [6.45, 7) is 6.66. The molecule has 122 valence electrons. The van der Waals surface area contributed by atoms with Gasteiger partial charge in [-0.3, -0.25) is 4.79 Å². The van der Waals surface area contributed by atoms with Crippen molar-refractivity contribution < 1.29 is 4.79 Å². The highest BCUT2D eigenvalue weighted by molar-refractivity contribution is 6.05. The third-order valence-electron chi connectivity index (χ3n) is 4.07. The summed E-state index contributed by atoms with van der Waals surface area (Å²) in [7, 11) is 0. The smallest absolute Gasteiger partial charge is 0.255 e. The van der Waals surface area contributed by atoms with Gasteiger partial charge in [0, 0.05) is 23.4 Å². The lowest BCUT2D eigenvalue weighted by atomic mass is 10.1. The van der Waals surface area contributed by atoms with Gasteiger partial charge in [0.2, 0.25) is 0 Å². The predicted molar refractivity (Wildman–Crippen MR) is 92.8 cm³/mol. The molecule has 0 saturated heterocycles. The van der Waals surface area contributed by atoms with Gasteiger partial charge in [0.25, 0.3) is 5.91 Å². The molecule has 3 aromatic rings. The van der Waals surface area contributed by atoms with Gasteiger partial charge in [0.15, 0.2) is 5.82 Å². The summed E-state index contributed by atoms with van der Waals surface area (Å²) in [5.74, 6) is 0.500. The number of nitrogens with zero attached hydrogens (tertiary/aromatic N) is 4. The average Bonchev–Trinajstić information content (AvgIpc) is 3.08. The van der Waals surface area contributed by atoms with Crippen LogP contribution in [-0.2, 0) is 6.54 Å². The average molecular weight is 321 g/mol. The highest BCUT2D eigenvalue weighted by Gasteiger charge is 2.12. The lowest BCUT2D eigenvalue weighted by Crippen LogP contribution is -2.13. The molecule has 0 aliphatic rings. The van der Waals surface area contributed by atoms with Gasteiger partial charge in [-0.25, -0.2) is 4.68 Å². The van der Waals surface area contributed by atoms with Crippen LogP contribution >= 0.6 is 0 Å². The molecule has 0 bridgehead atoms. The molecule has 24 heavy (non-hydrogen) atoms. The van der Waals surface area contributed by atoms with Gasteiger partial charge in [-0.15, -0.1) is 5.10 Å². The maximum atomic E-state index is 12.6. The number of anilines is 1. The number of tetrazole rings is 1. The van der Waals surface area contributed by atoms with Crippen LogP contribution in [0.3, 0.4) is 0 Å². The number of carbonyl (C=O) groups excluding carboxylic acids is 1. The molecule has 1 N–H and O–H groups in total. The van der Waals surface area contributed by atoms with Crippen LogP contribution in [0.15, 0.2) is 42.5 Å². The fraction of sp³-hybridized carbons (Fsp3) is 0.222. The van der Waals surface area contributed by atoms with E-state index in [2.05, 4.69) is 20.8 Å². The summed E-state index contributed by atoms with van der Waals surface area (Å²) in [6, 6.07) is 13.2. The number of nitrogens with one attached hydrogen (secondary N) is 1. The lowest BCUT2D eigenvalue weighted by Gasteiger charge is -2.11. The molecular formula is C18H19N5O. The Morgan fingerprint density at radius 1 is 1.17 bits per heavy atom. The van der Waals surface area contributed by atoms with Gasteiger partial charge >= 0.3 is 0 Å². The van der Waals surface area contributed by atoms with Crippen LogP contribution in [0, 0.1) is 13.8 Å². The summed E-state index contributed by atoms with van der Waals surface area (Å²) in [5, 5.41) is 14.6. The van der Waals surface area contributed by atoms with E-state index in [1.165, 1.54) is 0 Å². The van der Waals surface area contributed by atoms with Crippen molar-refractivity contribution >= 4 is 11.6 Å². The number of carbonyl (C=O) groups is 1. The van der Waals surface area contributed by atoms with Crippen molar-refractivity contribution in [1.29, 1.82) is 0 Å². The van der Waals surface area contributed by atoms with E-state index in [4.69, 9.17) is 0 Å². The molecule has 0 unspecified atom stereocenters. The Bertz CT molecular complexity index is 885. The van der Waals surface area contributed by atoms with Crippen LogP contribution in [0.2, 0.25) is 0 Å². The fourth-order valence-electron chi connectivity index (χ4n) is 2.50. The normalized spacial score (nSPS) is 10.6. The summed E-state index contributed by atoms with van der Waals surface area (Å²) in [6.07, 6.45) is 0. The highest BCUT2D eigenvalue weighted by Crippen LogP contribution is 2.21. The summed E-state index contributed by atoms with van der Waals surface area (Å²) < 4.78 is 1.70. The van der Waals surface area contributed by atoms with E-state index >= 15 is 0 Å². The third-order valence-corrected chi connectivity index (χ3v) is 4.07. The zero-order chi connectivity index (χ0) is 17.1. The number of aromatic nitrogens is 4. The molecule has 0 atom stereocenters. The van der Waals surface area contributed by atoms with E-state index in [1.54, 1.807) is 16.8 Å². The van der Waals surface area contributed by atoms with Gasteiger partial charge < -0.3 is 5.32 Å². The zero-order valence-electron chi connectivity index (χ0n) is 13.9. The summed E-state index contributed by atoms with van der Waals surface area (Å²) >= 11 is 0. The first-order valence-electron chi connectivity index (χ1n) is 7.84. The van der Waals surface area contributed by atoms with Crippen molar-refractivity contribution in [2.45, 2.75) is 27.3 Å². The first-order chi connectivity index (χ1) is 11.6. The Morgan fingerprint density at radius 3 is 2.75 bits per heavy atom. The van der Waals surface area contributed by atoms with Gasteiger partial charge in [0.1, 0.15) is 0 Å². The summed E-state index contributed by atoms with van der Waals surface area (Å²) in [4.78, 5) is 12.6. The van der Waals surface area contributed by atoms with Crippen LogP contribution in [0.4, 0.5) is 5.69 Å². The molecule has 0 saturated carbocycles. The van der Waals surface area contributed by atoms with Crippen molar-refractivity contribution in [2.24, 2.45) is 0 Å². The molecular weight excluding hydrogens is 302 g/mol. The van der Waals surface area contributed by atoms with Crippen molar-refractivity contribution in [3.63, 3.8) is 0 Å². The third kappa shape index (κ3) is 3.03. The Hall–Kier alpha value is -3.02. The predicted octanol–water partition coefficient (Wildman–Crippen LogP) is 3.23.